The smallest absolute Gasteiger partial charge is 0.407 e. The van der Waals surface area contributed by atoms with Crippen molar-refractivity contribution >= 4 is 6.09 Å². The van der Waals surface area contributed by atoms with Gasteiger partial charge in [-0.05, 0) is 91.6 Å². The lowest BCUT2D eigenvalue weighted by Gasteiger charge is -2.44. The zero-order valence-corrected chi connectivity index (χ0v) is 19.7. The summed E-state index contributed by atoms with van der Waals surface area (Å²) >= 11 is 0. The van der Waals surface area contributed by atoms with Crippen LogP contribution in [0.4, 0.5) is 9.18 Å². The van der Waals surface area contributed by atoms with Crippen LogP contribution in [0.1, 0.15) is 50.8 Å². The van der Waals surface area contributed by atoms with Crippen molar-refractivity contribution < 1.29 is 18.7 Å². The Bertz CT molecular complexity index is 1050. The van der Waals surface area contributed by atoms with Gasteiger partial charge in [0.05, 0.1) is 12.6 Å². The number of hydrogen-bond donors (Lipinski definition) is 1. The molecule has 1 amide bonds. The van der Waals surface area contributed by atoms with Gasteiger partial charge in [0.1, 0.15) is 17.7 Å². The first-order chi connectivity index (χ1) is 15.8. The van der Waals surface area contributed by atoms with Gasteiger partial charge in [-0.15, -0.1) is 0 Å². The third-order valence-corrected chi connectivity index (χ3v) is 7.54. The number of rotatable bonds is 5. The second-order valence-corrected chi connectivity index (χ2v) is 10.3. The molecule has 1 aliphatic carbocycles. The molecule has 1 unspecified atom stereocenters. The molecule has 2 aromatic rings. The highest BCUT2D eigenvalue weighted by Crippen LogP contribution is 2.47. The molecule has 3 fully saturated rings. The van der Waals surface area contributed by atoms with Gasteiger partial charge in [0, 0.05) is 12.1 Å². The number of benzene rings is 2. The van der Waals surface area contributed by atoms with Crippen LogP contribution in [-0.4, -0.2) is 43.3 Å². The highest BCUT2D eigenvalue weighted by atomic mass is 19.1. The Hall–Kier alpha value is -2.60. The zero-order valence-electron chi connectivity index (χ0n) is 19.7. The predicted octanol–water partition coefficient (Wildman–Crippen LogP) is 5.34. The first-order valence-electron chi connectivity index (χ1n) is 12.1. The van der Waals surface area contributed by atoms with Crippen molar-refractivity contribution in [2.45, 2.75) is 52.2 Å². The number of hydrogen-bond acceptors (Lipinski definition) is 4. The number of alkyl carbamates (subject to hydrolysis) is 1. The van der Waals surface area contributed by atoms with Crippen LogP contribution in [-0.2, 0) is 11.2 Å². The van der Waals surface area contributed by atoms with Crippen LogP contribution in [0, 0.1) is 17.2 Å². The molecular formula is C27H33FN2O3. The van der Waals surface area contributed by atoms with Crippen LogP contribution in [0.5, 0.6) is 5.75 Å². The molecule has 3 aliphatic heterocycles. The van der Waals surface area contributed by atoms with E-state index in [0.29, 0.717) is 18.1 Å². The minimum atomic E-state index is -0.395. The van der Waals surface area contributed by atoms with Gasteiger partial charge < -0.3 is 14.8 Å². The molecule has 176 valence electrons. The quantitative estimate of drug-likeness (QED) is 0.666. The molecule has 3 saturated heterocycles. The number of nitrogens with zero attached hydrogens (tertiary/aromatic N) is 1. The van der Waals surface area contributed by atoms with Gasteiger partial charge >= 0.3 is 6.09 Å². The largest absolute Gasteiger partial charge is 0.494 e. The summed E-state index contributed by atoms with van der Waals surface area (Å²) in [5.74, 6) is 0.889. The maximum Gasteiger partial charge on any atom is 0.407 e. The summed E-state index contributed by atoms with van der Waals surface area (Å²) in [6.07, 6.45) is 2.50. The normalized spacial score (nSPS) is 27.2. The number of halogens is 1. The van der Waals surface area contributed by atoms with Crippen LogP contribution < -0.4 is 10.1 Å². The molecule has 1 N–H and O–H groups in total. The second kappa shape index (κ2) is 8.64. The lowest BCUT2D eigenvalue weighted by Crippen LogP contribution is -2.53. The van der Waals surface area contributed by atoms with Gasteiger partial charge in [-0.1, -0.05) is 26.0 Å². The van der Waals surface area contributed by atoms with Gasteiger partial charge in [-0.3, -0.25) is 4.90 Å². The van der Waals surface area contributed by atoms with Crippen molar-refractivity contribution in [3.8, 4) is 16.9 Å². The maximum atomic E-state index is 15.3. The van der Waals surface area contributed by atoms with Crippen molar-refractivity contribution in [1.29, 1.82) is 0 Å². The second-order valence-electron chi connectivity index (χ2n) is 10.3. The van der Waals surface area contributed by atoms with E-state index in [1.807, 2.05) is 37.3 Å². The van der Waals surface area contributed by atoms with Crippen molar-refractivity contribution in [2.24, 2.45) is 11.3 Å². The summed E-state index contributed by atoms with van der Waals surface area (Å²) in [6.45, 7) is 9.74. The van der Waals surface area contributed by atoms with Crippen molar-refractivity contribution in [2.75, 3.05) is 26.2 Å². The highest BCUT2D eigenvalue weighted by Gasteiger charge is 2.42. The Balaban J connectivity index is 1.36. The van der Waals surface area contributed by atoms with Gasteiger partial charge in [0.25, 0.3) is 0 Å². The third kappa shape index (κ3) is 4.33. The number of carbonyl (C=O) groups is 1. The van der Waals surface area contributed by atoms with Crippen LogP contribution >= 0.6 is 0 Å². The van der Waals surface area contributed by atoms with Crippen molar-refractivity contribution in [1.82, 2.24) is 10.2 Å². The van der Waals surface area contributed by atoms with Crippen LogP contribution in [0.3, 0.4) is 0 Å². The first kappa shape index (κ1) is 22.2. The topological polar surface area (TPSA) is 50.8 Å². The van der Waals surface area contributed by atoms with Crippen molar-refractivity contribution in [3.05, 3.63) is 53.3 Å². The van der Waals surface area contributed by atoms with E-state index in [4.69, 9.17) is 9.47 Å². The van der Waals surface area contributed by atoms with E-state index in [2.05, 4.69) is 24.1 Å². The Morgan fingerprint density at radius 1 is 1.21 bits per heavy atom. The molecule has 4 aliphatic rings. The van der Waals surface area contributed by atoms with Gasteiger partial charge in [0.15, 0.2) is 0 Å². The van der Waals surface area contributed by atoms with Gasteiger partial charge in [-0.2, -0.15) is 0 Å². The van der Waals surface area contributed by atoms with E-state index >= 15 is 4.39 Å². The minimum Gasteiger partial charge on any atom is -0.494 e. The van der Waals surface area contributed by atoms with E-state index in [1.54, 1.807) is 6.07 Å². The summed E-state index contributed by atoms with van der Waals surface area (Å²) in [5, 5.41) is 3.08. The molecule has 0 saturated carbocycles. The molecule has 33 heavy (non-hydrogen) atoms. The van der Waals surface area contributed by atoms with Crippen molar-refractivity contribution in [3.63, 3.8) is 0 Å². The fraction of sp³-hybridized carbons (Fsp3) is 0.519. The number of ether oxygens (including phenoxy) is 2. The van der Waals surface area contributed by atoms with Crippen LogP contribution in [0.25, 0.3) is 11.1 Å². The van der Waals surface area contributed by atoms with E-state index in [9.17, 15) is 4.79 Å². The Kier molecular flexibility index (Phi) is 5.81. The predicted molar refractivity (Wildman–Crippen MR) is 126 cm³/mol. The summed E-state index contributed by atoms with van der Waals surface area (Å²) < 4.78 is 26.7. The van der Waals surface area contributed by atoms with E-state index in [1.165, 1.54) is 0 Å². The Labute approximate surface area is 195 Å². The zero-order chi connectivity index (χ0) is 23.2. The lowest BCUT2D eigenvalue weighted by molar-refractivity contribution is -0.0349. The summed E-state index contributed by atoms with van der Waals surface area (Å²) in [4.78, 5) is 15.2. The van der Waals surface area contributed by atoms with E-state index in [-0.39, 0.29) is 23.4 Å². The van der Waals surface area contributed by atoms with Crippen LogP contribution in [0.2, 0.25) is 0 Å². The van der Waals surface area contributed by atoms with E-state index in [0.717, 1.165) is 61.3 Å². The monoisotopic (exact) mass is 452 g/mol. The molecule has 6 heteroatoms. The SMILES string of the molecule is CCOc1cccc(-c2cc3c(cc2F)C(NC(=O)O[C@H]2CN4CCC2CC4)C(C)(C)C3)c1. The summed E-state index contributed by atoms with van der Waals surface area (Å²) in [5.41, 5.74) is 3.01. The minimum absolute atomic E-state index is 0.0480. The summed E-state index contributed by atoms with van der Waals surface area (Å²) in [6, 6.07) is 10.8. The fourth-order valence-corrected chi connectivity index (χ4v) is 5.82. The number of piperidine rings is 3. The lowest BCUT2D eigenvalue weighted by atomic mass is 9.85. The molecule has 5 nitrogen and oxygen atoms in total. The Morgan fingerprint density at radius 3 is 2.70 bits per heavy atom. The molecule has 6 rings (SSSR count). The average molecular weight is 453 g/mol. The fourth-order valence-electron chi connectivity index (χ4n) is 5.82. The highest BCUT2D eigenvalue weighted by molar-refractivity contribution is 5.71. The summed E-state index contributed by atoms with van der Waals surface area (Å²) in [7, 11) is 0. The van der Waals surface area contributed by atoms with Crippen LogP contribution in [0.15, 0.2) is 36.4 Å². The third-order valence-electron chi connectivity index (χ3n) is 7.54. The molecule has 0 spiro atoms. The molecule has 2 aromatic carbocycles. The van der Waals surface area contributed by atoms with E-state index < -0.39 is 6.09 Å². The number of amides is 1. The molecular weight excluding hydrogens is 419 g/mol. The first-order valence-corrected chi connectivity index (χ1v) is 12.1. The molecule has 2 atom stereocenters. The number of carbonyl (C=O) groups excluding carboxylic acids is 1. The number of nitrogens with one attached hydrogen (secondary N) is 1. The maximum absolute atomic E-state index is 15.3. The Morgan fingerprint density at radius 2 is 2.00 bits per heavy atom. The molecule has 2 bridgehead atoms. The van der Waals surface area contributed by atoms with Gasteiger partial charge in [-0.25, -0.2) is 9.18 Å². The molecule has 0 radical (unpaired) electrons. The standard InChI is InChI=1S/C27H33FN2O3/c1-4-32-20-7-5-6-18(12-20)21-13-19-15-27(2,3)25(22(19)14-23(21)28)29-26(31)33-24-16-30-10-8-17(24)9-11-30/h5-7,12-14,17,24-25H,4,8-11,15-16H2,1-3H3,(H,29,31)/t24-,25?/m0/s1. The van der Waals surface area contributed by atoms with Gasteiger partial charge in [0.2, 0.25) is 0 Å². The molecule has 3 heterocycles. The number of fused-ring (bicyclic) bond motifs is 4. The average Bonchev–Trinajstić information content (AvgIpc) is 3.03. The molecule has 0 aromatic heterocycles.